The van der Waals surface area contributed by atoms with Crippen LogP contribution in [-0.2, 0) is 4.79 Å². The molecule has 2 aromatic rings. The van der Waals surface area contributed by atoms with E-state index >= 15 is 0 Å². The Labute approximate surface area is 142 Å². The van der Waals surface area contributed by atoms with E-state index in [9.17, 15) is 4.79 Å². The number of ether oxygens (including phenoxy) is 2. The van der Waals surface area contributed by atoms with Crippen molar-refractivity contribution >= 4 is 12.1 Å². The van der Waals surface area contributed by atoms with Gasteiger partial charge in [0, 0.05) is 0 Å². The minimum Gasteiger partial charge on any atom is -0.493 e. The van der Waals surface area contributed by atoms with Crippen molar-refractivity contribution in [3.05, 3.63) is 59.7 Å². The average Bonchev–Trinajstić information content (AvgIpc) is 2.63. The van der Waals surface area contributed by atoms with Gasteiger partial charge in [0.1, 0.15) is 0 Å². The summed E-state index contributed by atoms with van der Waals surface area (Å²) in [5.74, 6) is 0.923. The molecule has 0 bridgehead atoms. The van der Waals surface area contributed by atoms with Gasteiger partial charge >= 0.3 is 0 Å². The Kier molecular flexibility index (Phi) is 6.37. The molecule has 0 aliphatic rings. The Balaban J connectivity index is 2.04. The first-order chi connectivity index (χ1) is 11.7. The quantitative estimate of drug-likeness (QED) is 0.627. The van der Waals surface area contributed by atoms with Crippen molar-refractivity contribution in [1.29, 1.82) is 0 Å². The number of nitrogens with one attached hydrogen (secondary N) is 1. The Bertz CT molecular complexity index is 699. The maximum atomic E-state index is 12.3. The maximum Gasteiger partial charge on any atom is 0.247 e. The number of hydrogen-bond donors (Lipinski definition) is 1. The summed E-state index contributed by atoms with van der Waals surface area (Å²) in [6.45, 7) is 1.98. The zero-order chi connectivity index (χ0) is 17.4. The second kappa shape index (κ2) is 8.72. The number of amides is 1. The second-order valence-electron chi connectivity index (χ2n) is 5.22. The van der Waals surface area contributed by atoms with Crippen LogP contribution in [0.3, 0.4) is 0 Å². The van der Waals surface area contributed by atoms with Crippen LogP contribution in [0.25, 0.3) is 0 Å². The van der Waals surface area contributed by atoms with Gasteiger partial charge in [-0.25, -0.2) is 5.43 Å². The molecule has 2 aromatic carbocycles. The van der Waals surface area contributed by atoms with Crippen LogP contribution in [0.5, 0.6) is 11.5 Å². The third kappa shape index (κ3) is 4.35. The number of benzene rings is 2. The molecule has 24 heavy (non-hydrogen) atoms. The van der Waals surface area contributed by atoms with Gasteiger partial charge in [-0.3, -0.25) is 4.79 Å². The van der Waals surface area contributed by atoms with Crippen molar-refractivity contribution in [1.82, 2.24) is 5.43 Å². The molecule has 2 rings (SSSR count). The van der Waals surface area contributed by atoms with E-state index in [2.05, 4.69) is 10.5 Å². The zero-order valence-corrected chi connectivity index (χ0v) is 14.2. The molecule has 0 aliphatic carbocycles. The molecule has 0 saturated carbocycles. The highest BCUT2D eigenvalue weighted by Gasteiger charge is 2.17. The van der Waals surface area contributed by atoms with Crippen LogP contribution >= 0.6 is 0 Å². The van der Waals surface area contributed by atoms with Crippen molar-refractivity contribution in [2.45, 2.75) is 19.3 Å². The highest BCUT2D eigenvalue weighted by atomic mass is 16.5. The summed E-state index contributed by atoms with van der Waals surface area (Å²) in [5.41, 5.74) is 4.40. The molecular weight excluding hydrogens is 304 g/mol. The van der Waals surface area contributed by atoms with Gasteiger partial charge in [-0.1, -0.05) is 37.3 Å². The minimum absolute atomic E-state index is 0.125. The molecule has 126 valence electrons. The molecule has 0 fully saturated rings. The van der Waals surface area contributed by atoms with Crippen LogP contribution in [0, 0.1) is 0 Å². The van der Waals surface area contributed by atoms with Crippen molar-refractivity contribution in [2.24, 2.45) is 5.10 Å². The summed E-state index contributed by atoms with van der Waals surface area (Å²) < 4.78 is 10.4. The standard InChI is InChI=1S/C19H22N2O3/c1-4-16(15-8-6-5-7-9-15)19(22)21-20-13-14-10-11-17(23-2)18(12-14)24-3/h5-13,16H,4H2,1-3H3,(H,21,22). The molecule has 1 unspecified atom stereocenters. The van der Waals surface area contributed by atoms with E-state index in [0.717, 1.165) is 11.1 Å². The van der Waals surface area contributed by atoms with E-state index in [1.807, 2.05) is 43.3 Å². The summed E-state index contributed by atoms with van der Waals surface area (Å²) in [7, 11) is 3.16. The molecule has 1 N–H and O–H groups in total. The van der Waals surface area contributed by atoms with Crippen molar-refractivity contribution in [2.75, 3.05) is 14.2 Å². The van der Waals surface area contributed by atoms with Gasteiger partial charge in [0.2, 0.25) is 5.91 Å². The lowest BCUT2D eigenvalue weighted by Gasteiger charge is -2.13. The highest BCUT2D eigenvalue weighted by Crippen LogP contribution is 2.26. The lowest BCUT2D eigenvalue weighted by molar-refractivity contribution is -0.122. The fourth-order valence-electron chi connectivity index (χ4n) is 2.44. The molecule has 0 radical (unpaired) electrons. The molecule has 0 aromatic heterocycles. The van der Waals surface area contributed by atoms with Gasteiger partial charge in [-0.15, -0.1) is 0 Å². The van der Waals surface area contributed by atoms with E-state index in [0.29, 0.717) is 17.9 Å². The maximum absolute atomic E-state index is 12.3. The van der Waals surface area contributed by atoms with Gasteiger partial charge in [0.15, 0.2) is 11.5 Å². The molecule has 0 saturated heterocycles. The number of rotatable bonds is 7. The predicted molar refractivity (Wildman–Crippen MR) is 94.8 cm³/mol. The summed E-state index contributed by atoms with van der Waals surface area (Å²) >= 11 is 0. The first-order valence-corrected chi connectivity index (χ1v) is 7.79. The molecular formula is C19H22N2O3. The Morgan fingerprint density at radius 1 is 1.12 bits per heavy atom. The molecule has 0 spiro atoms. The van der Waals surface area contributed by atoms with Crippen LogP contribution in [0.15, 0.2) is 53.6 Å². The largest absolute Gasteiger partial charge is 0.493 e. The number of carbonyl (C=O) groups is 1. The molecule has 1 amide bonds. The van der Waals surface area contributed by atoms with E-state index in [-0.39, 0.29) is 11.8 Å². The number of hydrogen-bond acceptors (Lipinski definition) is 4. The van der Waals surface area contributed by atoms with Crippen LogP contribution in [0.2, 0.25) is 0 Å². The normalized spacial score (nSPS) is 12.0. The van der Waals surface area contributed by atoms with Crippen LogP contribution in [0.4, 0.5) is 0 Å². The SMILES string of the molecule is CCC(C(=O)NN=Cc1ccc(OC)c(OC)c1)c1ccccc1. The average molecular weight is 326 g/mol. The van der Waals surface area contributed by atoms with E-state index in [4.69, 9.17) is 9.47 Å². The molecule has 0 heterocycles. The van der Waals surface area contributed by atoms with E-state index in [1.54, 1.807) is 32.6 Å². The molecule has 5 heteroatoms. The van der Waals surface area contributed by atoms with Gasteiger partial charge in [0.05, 0.1) is 26.4 Å². The lowest BCUT2D eigenvalue weighted by atomic mass is 9.96. The first-order valence-electron chi connectivity index (χ1n) is 7.79. The number of carbonyl (C=O) groups excluding carboxylic acids is 1. The van der Waals surface area contributed by atoms with Crippen LogP contribution in [0.1, 0.15) is 30.4 Å². The van der Waals surface area contributed by atoms with E-state index < -0.39 is 0 Å². The Morgan fingerprint density at radius 3 is 2.46 bits per heavy atom. The Hall–Kier alpha value is -2.82. The van der Waals surface area contributed by atoms with Gasteiger partial charge in [-0.05, 0) is 35.7 Å². The second-order valence-corrected chi connectivity index (χ2v) is 5.22. The number of methoxy groups -OCH3 is 2. The van der Waals surface area contributed by atoms with Gasteiger partial charge in [0.25, 0.3) is 0 Å². The summed E-state index contributed by atoms with van der Waals surface area (Å²) in [4.78, 5) is 12.3. The summed E-state index contributed by atoms with van der Waals surface area (Å²) in [6, 6.07) is 15.1. The number of nitrogens with zero attached hydrogens (tertiary/aromatic N) is 1. The summed E-state index contributed by atoms with van der Waals surface area (Å²) in [6.07, 6.45) is 2.29. The van der Waals surface area contributed by atoms with Crippen molar-refractivity contribution < 1.29 is 14.3 Å². The lowest BCUT2D eigenvalue weighted by Crippen LogP contribution is -2.25. The molecule has 5 nitrogen and oxygen atoms in total. The van der Waals surface area contributed by atoms with Crippen LogP contribution < -0.4 is 14.9 Å². The fraction of sp³-hybridized carbons (Fsp3) is 0.263. The monoisotopic (exact) mass is 326 g/mol. The molecule has 1 atom stereocenters. The van der Waals surface area contributed by atoms with Gasteiger partial charge < -0.3 is 9.47 Å². The smallest absolute Gasteiger partial charge is 0.247 e. The zero-order valence-electron chi connectivity index (χ0n) is 14.2. The van der Waals surface area contributed by atoms with E-state index in [1.165, 1.54) is 0 Å². The fourth-order valence-corrected chi connectivity index (χ4v) is 2.44. The first kappa shape index (κ1) is 17.5. The third-order valence-corrected chi connectivity index (χ3v) is 3.72. The molecule has 0 aliphatic heterocycles. The number of hydrazone groups is 1. The topological polar surface area (TPSA) is 59.9 Å². The van der Waals surface area contributed by atoms with Gasteiger partial charge in [-0.2, -0.15) is 5.10 Å². The Morgan fingerprint density at radius 2 is 1.83 bits per heavy atom. The minimum atomic E-state index is -0.214. The van der Waals surface area contributed by atoms with Crippen molar-refractivity contribution in [3.63, 3.8) is 0 Å². The third-order valence-electron chi connectivity index (χ3n) is 3.72. The highest BCUT2D eigenvalue weighted by molar-refractivity contribution is 5.86. The summed E-state index contributed by atoms with van der Waals surface area (Å²) in [5, 5.41) is 4.05. The van der Waals surface area contributed by atoms with Crippen LogP contribution in [-0.4, -0.2) is 26.3 Å². The predicted octanol–water partition coefficient (Wildman–Crippen LogP) is 3.35. The van der Waals surface area contributed by atoms with Crippen molar-refractivity contribution in [3.8, 4) is 11.5 Å².